The van der Waals surface area contributed by atoms with E-state index >= 15 is 0 Å². The van der Waals surface area contributed by atoms with Crippen LogP contribution in [0.1, 0.15) is 90.4 Å². The van der Waals surface area contributed by atoms with Crippen LogP contribution in [0.2, 0.25) is 0 Å². The van der Waals surface area contributed by atoms with Crippen LogP contribution in [-0.4, -0.2) is 12.6 Å². The number of hydrogen-bond donors (Lipinski definition) is 0. The largest absolute Gasteiger partial charge is 0.465 e. The fraction of sp³-hybridized carbons (Fsp3) is 0.941. The van der Waals surface area contributed by atoms with Crippen molar-refractivity contribution < 1.29 is 9.53 Å². The highest BCUT2D eigenvalue weighted by molar-refractivity contribution is 5.69. The van der Waals surface area contributed by atoms with Crippen LogP contribution in [0.5, 0.6) is 0 Å². The molecule has 0 aromatic rings. The quantitative estimate of drug-likeness (QED) is 0.561. The Hall–Kier alpha value is -0.530. The zero-order valence-electron chi connectivity index (χ0n) is 12.8. The van der Waals surface area contributed by atoms with Crippen molar-refractivity contribution in [2.45, 2.75) is 90.4 Å². The molecule has 0 radical (unpaired) electrons. The van der Waals surface area contributed by atoms with Crippen molar-refractivity contribution >= 4 is 5.97 Å². The Morgan fingerprint density at radius 2 is 1.26 bits per heavy atom. The average Bonchev–Trinajstić information content (AvgIpc) is 2.41. The first kappa shape index (κ1) is 16.5. The molecule has 1 fully saturated rings. The molecule has 112 valence electrons. The van der Waals surface area contributed by atoms with Crippen molar-refractivity contribution in [3.05, 3.63) is 0 Å². The van der Waals surface area contributed by atoms with Crippen molar-refractivity contribution in [1.82, 2.24) is 0 Å². The highest BCUT2D eigenvalue weighted by Crippen LogP contribution is 2.15. The van der Waals surface area contributed by atoms with Crippen LogP contribution in [-0.2, 0) is 9.53 Å². The van der Waals surface area contributed by atoms with Crippen molar-refractivity contribution in [1.29, 1.82) is 0 Å². The maximum Gasteiger partial charge on any atom is 0.305 e. The molecule has 2 nitrogen and oxygen atoms in total. The number of ether oxygens (including phenoxy) is 1. The monoisotopic (exact) mass is 268 g/mol. The third-order valence-electron chi connectivity index (χ3n) is 4.11. The van der Waals surface area contributed by atoms with Crippen molar-refractivity contribution in [2.24, 2.45) is 5.92 Å². The molecular formula is C17H32O2. The third-order valence-corrected chi connectivity index (χ3v) is 4.11. The smallest absolute Gasteiger partial charge is 0.305 e. The summed E-state index contributed by atoms with van der Waals surface area (Å²) >= 11 is 0. The molecule has 0 amide bonds. The molecule has 1 heterocycles. The Morgan fingerprint density at radius 3 is 1.84 bits per heavy atom. The van der Waals surface area contributed by atoms with E-state index in [1.54, 1.807) is 0 Å². The van der Waals surface area contributed by atoms with Gasteiger partial charge in [0.2, 0.25) is 0 Å². The minimum absolute atomic E-state index is 0.0103. The lowest BCUT2D eigenvalue weighted by Gasteiger charge is -2.11. The van der Waals surface area contributed by atoms with Crippen LogP contribution in [0.25, 0.3) is 0 Å². The SMILES string of the molecule is CC1CCCCCCCCCCCCCC(=O)OC1. The van der Waals surface area contributed by atoms with Gasteiger partial charge in [-0.25, -0.2) is 0 Å². The van der Waals surface area contributed by atoms with Gasteiger partial charge in [0.15, 0.2) is 0 Å². The second-order valence-electron chi connectivity index (χ2n) is 6.22. The molecule has 0 aromatic heterocycles. The first-order chi connectivity index (χ1) is 9.29. The zero-order valence-corrected chi connectivity index (χ0v) is 12.8. The Kier molecular flexibility index (Phi) is 9.84. The Labute approximate surface area is 119 Å². The standard InChI is InChI=1S/C17H32O2/c1-16-13-11-9-7-5-3-2-4-6-8-10-12-14-17(18)19-15-16/h16H,2-15H2,1H3. The highest BCUT2D eigenvalue weighted by Gasteiger charge is 2.07. The maximum absolute atomic E-state index is 11.6. The lowest BCUT2D eigenvalue weighted by molar-refractivity contribution is -0.145. The second kappa shape index (κ2) is 11.3. The van der Waals surface area contributed by atoms with Crippen molar-refractivity contribution in [3.8, 4) is 0 Å². The average molecular weight is 268 g/mol. The number of carbonyl (C=O) groups is 1. The van der Waals surface area contributed by atoms with Crippen LogP contribution < -0.4 is 0 Å². The van der Waals surface area contributed by atoms with Gasteiger partial charge < -0.3 is 4.74 Å². The Morgan fingerprint density at radius 1 is 0.789 bits per heavy atom. The molecule has 0 saturated carbocycles. The number of hydrogen-bond acceptors (Lipinski definition) is 2. The van der Waals surface area contributed by atoms with Gasteiger partial charge in [-0.2, -0.15) is 0 Å². The van der Waals surface area contributed by atoms with Gasteiger partial charge in [0.1, 0.15) is 0 Å². The molecule has 1 atom stereocenters. The summed E-state index contributed by atoms with van der Waals surface area (Å²) in [6.07, 6.45) is 16.2. The van der Waals surface area contributed by atoms with Gasteiger partial charge in [0, 0.05) is 6.42 Å². The molecule has 0 bridgehead atoms. The van der Waals surface area contributed by atoms with Crippen LogP contribution in [0, 0.1) is 5.92 Å². The van der Waals surface area contributed by atoms with Gasteiger partial charge >= 0.3 is 5.97 Å². The maximum atomic E-state index is 11.6. The Bertz CT molecular complexity index is 225. The van der Waals surface area contributed by atoms with Gasteiger partial charge in [-0.05, 0) is 18.8 Å². The molecule has 1 aliphatic heterocycles. The van der Waals surface area contributed by atoms with E-state index in [1.807, 2.05) is 0 Å². The summed E-state index contributed by atoms with van der Waals surface area (Å²) in [5.74, 6) is 0.538. The van der Waals surface area contributed by atoms with E-state index in [1.165, 1.54) is 70.6 Å². The normalized spacial score (nSPS) is 26.4. The van der Waals surface area contributed by atoms with E-state index in [4.69, 9.17) is 4.74 Å². The predicted molar refractivity (Wildman–Crippen MR) is 80.1 cm³/mol. The van der Waals surface area contributed by atoms with Crippen LogP contribution in [0.3, 0.4) is 0 Å². The summed E-state index contributed by atoms with van der Waals surface area (Å²) in [6.45, 7) is 2.82. The predicted octanol–water partition coefficient (Wildman–Crippen LogP) is 5.25. The Balaban J connectivity index is 2.21. The number of rotatable bonds is 0. The van der Waals surface area contributed by atoms with E-state index in [0.29, 0.717) is 18.9 Å². The molecule has 0 aliphatic carbocycles. The van der Waals surface area contributed by atoms with Crippen molar-refractivity contribution in [2.75, 3.05) is 6.61 Å². The fourth-order valence-corrected chi connectivity index (χ4v) is 2.74. The molecule has 0 aromatic carbocycles. The lowest BCUT2D eigenvalue weighted by atomic mass is 10.0. The molecule has 19 heavy (non-hydrogen) atoms. The zero-order chi connectivity index (χ0) is 13.8. The van der Waals surface area contributed by atoms with E-state index in [2.05, 4.69) is 6.92 Å². The second-order valence-corrected chi connectivity index (χ2v) is 6.22. The van der Waals surface area contributed by atoms with E-state index < -0.39 is 0 Å². The van der Waals surface area contributed by atoms with Crippen LogP contribution in [0.4, 0.5) is 0 Å². The summed E-state index contributed by atoms with van der Waals surface area (Å²) in [6, 6.07) is 0. The topological polar surface area (TPSA) is 26.3 Å². The minimum atomic E-state index is 0.0103. The molecule has 0 spiro atoms. The molecular weight excluding hydrogens is 236 g/mol. The molecule has 1 rings (SSSR count). The van der Waals surface area contributed by atoms with E-state index in [9.17, 15) is 4.79 Å². The number of esters is 1. The third kappa shape index (κ3) is 9.98. The summed E-state index contributed by atoms with van der Waals surface area (Å²) in [7, 11) is 0. The van der Waals surface area contributed by atoms with E-state index in [0.717, 1.165) is 6.42 Å². The molecule has 1 unspecified atom stereocenters. The molecule has 1 aliphatic rings. The van der Waals surface area contributed by atoms with Crippen LogP contribution >= 0.6 is 0 Å². The number of carbonyl (C=O) groups excluding carboxylic acids is 1. The molecule has 0 N–H and O–H groups in total. The fourth-order valence-electron chi connectivity index (χ4n) is 2.74. The first-order valence-electron chi connectivity index (χ1n) is 8.44. The summed E-state index contributed by atoms with van der Waals surface area (Å²) < 4.78 is 5.34. The van der Waals surface area contributed by atoms with Crippen LogP contribution in [0.15, 0.2) is 0 Å². The van der Waals surface area contributed by atoms with Gasteiger partial charge in [-0.1, -0.05) is 71.1 Å². The van der Waals surface area contributed by atoms with E-state index in [-0.39, 0.29) is 5.97 Å². The number of cyclic esters (lactones) is 1. The highest BCUT2D eigenvalue weighted by atomic mass is 16.5. The lowest BCUT2D eigenvalue weighted by Crippen LogP contribution is -2.11. The van der Waals surface area contributed by atoms with Gasteiger partial charge in [-0.3, -0.25) is 4.79 Å². The summed E-state index contributed by atoms with van der Waals surface area (Å²) in [5, 5.41) is 0. The first-order valence-corrected chi connectivity index (χ1v) is 8.44. The summed E-state index contributed by atoms with van der Waals surface area (Å²) in [5.41, 5.74) is 0. The molecule has 1 saturated heterocycles. The minimum Gasteiger partial charge on any atom is -0.465 e. The van der Waals surface area contributed by atoms with Crippen molar-refractivity contribution in [3.63, 3.8) is 0 Å². The summed E-state index contributed by atoms with van der Waals surface area (Å²) in [4.78, 5) is 11.6. The molecule has 2 heteroatoms. The van der Waals surface area contributed by atoms with Gasteiger partial charge in [0.25, 0.3) is 0 Å². The van der Waals surface area contributed by atoms with Gasteiger partial charge in [0.05, 0.1) is 6.61 Å². The van der Waals surface area contributed by atoms with Gasteiger partial charge in [-0.15, -0.1) is 0 Å².